The molecule has 4 atom stereocenters. The van der Waals surface area contributed by atoms with E-state index in [9.17, 15) is 9.90 Å². The Morgan fingerprint density at radius 3 is 3.00 bits per heavy atom. The van der Waals surface area contributed by atoms with Gasteiger partial charge in [-0.25, -0.2) is 0 Å². The van der Waals surface area contributed by atoms with Crippen molar-refractivity contribution in [2.24, 2.45) is 0 Å². The molecule has 1 aliphatic heterocycles. The van der Waals surface area contributed by atoms with Gasteiger partial charge in [-0.2, -0.15) is 0 Å². The number of amides is 1. The maximum atomic E-state index is 11.0. The largest absolute Gasteiger partial charge is 0.388 e. The third-order valence-electron chi connectivity index (χ3n) is 2.49. The van der Waals surface area contributed by atoms with Crippen LogP contribution in [0.1, 0.15) is 20.3 Å². The van der Waals surface area contributed by atoms with Gasteiger partial charge in [0.2, 0.25) is 5.91 Å². The van der Waals surface area contributed by atoms with Crippen molar-refractivity contribution in [3.8, 4) is 0 Å². The first-order chi connectivity index (χ1) is 7.54. The van der Waals surface area contributed by atoms with E-state index in [1.165, 1.54) is 6.92 Å². The van der Waals surface area contributed by atoms with Gasteiger partial charge in [-0.05, 0) is 6.92 Å². The Hall–Kier alpha value is -0.910. The van der Waals surface area contributed by atoms with Gasteiger partial charge in [-0.1, -0.05) is 6.08 Å². The highest BCUT2D eigenvalue weighted by atomic mass is 16.7. The molecule has 0 aromatic carbocycles. The number of nitrogens with one attached hydrogen (secondary N) is 1. The molecule has 92 valence electrons. The number of aliphatic hydroxyl groups excluding tert-OH is 1. The normalized spacial score (nSPS) is 34.4. The number of ether oxygens (including phenoxy) is 2. The van der Waals surface area contributed by atoms with Crippen molar-refractivity contribution in [1.82, 2.24) is 5.32 Å². The van der Waals surface area contributed by atoms with Crippen LogP contribution < -0.4 is 5.32 Å². The van der Waals surface area contributed by atoms with E-state index in [2.05, 4.69) is 11.9 Å². The van der Waals surface area contributed by atoms with Crippen molar-refractivity contribution in [2.45, 2.75) is 44.8 Å². The maximum absolute atomic E-state index is 11.0. The Balaban J connectivity index is 2.54. The van der Waals surface area contributed by atoms with Gasteiger partial charge in [0, 0.05) is 13.3 Å². The summed E-state index contributed by atoms with van der Waals surface area (Å²) in [4.78, 5) is 11.0. The summed E-state index contributed by atoms with van der Waals surface area (Å²) in [6.07, 6.45) is 0.604. The van der Waals surface area contributed by atoms with Crippen LogP contribution in [0.2, 0.25) is 0 Å². The number of rotatable bonds is 4. The molecule has 0 aliphatic carbocycles. The SMILES string of the molecule is C=CCO[C@@H]1C[C@H](NC(C)=O)[C@H](O)[C@H](C)O1. The first-order valence-electron chi connectivity index (χ1n) is 5.37. The van der Waals surface area contributed by atoms with Crippen LogP contribution in [0, 0.1) is 0 Å². The molecular weight excluding hydrogens is 210 g/mol. The molecule has 0 aromatic rings. The molecule has 1 rings (SSSR count). The van der Waals surface area contributed by atoms with Crippen molar-refractivity contribution < 1.29 is 19.4 Å². The van der Waals surface area contributed by atoms with Crippen LogP contribution in [0.3, 0.4) is 0 Å². The lowest BCUT2D eigenvalue weighted by molar-refractivity contribution is -0.221. The van der Waals surface area contributed by atoms with Crippen LogP contribution in [-0.4, -0.2) is 42.2 Å². The minimum atomic E-state index is -0.701. The fourth-order valence-electron chi connectivity index (χ4n) is 1.74. The summed E-state index contributed by atoms with van der Waals surface area (Å²) in [6.45, 7) is 7.11. The van der Waals surface area contributed by atoms with Gasteiger partial charge < -0.3 is 19.9 Å². The fourth-order valence-corrected chi connectivity index (χ4v) is 1.74. The van der Waals surface area contributed by atoms with E-state index in [1.807, 2.05) is 0 Å². The molecule has 0 saturated carbocycles. The molecule has 0 radical (unpaired) electrons. The first kappa shape index (κ1) is 13.2. The molecule has 0 bridgehead atoms. The van der Waals surface area contributed by atoms with Crippen LogP contribution >= 0.6 is 0 Å². The summed E-state index contributed by atoms with van der Waals surface area (Å²) >= 11 is 0. The minimum Gasteiger partial charge on any atom is -0.388 e. The summed E-state index contributed by atoms with van der Waals surface area (Å²) in [6, 6.07) is -0.323. The molecule has 16 heavy (non-hydrogen) atoms. The molecule has 5 heteroatoms. The lowest BCUT2D eigenvalue weighted by atomic mass is 9.99. The summed E-state index contributed by atoms with van der Waals surface area (Å²) in [5, 5.41) is 12.5. The predicted molar refractivity (Wildman–Crippen MR) is 58.7 cm³/mol. The van der Waals surface area contributed by atoms with Gasteiger partial charge in [0.25, 0.3) is 0 Å². The van der Waals surface area contributed by atoms with E-state index in [0.29, 0.717) is 13.0 Å². The fraction of sp³-hybridized carbons (Fsp3) is 0.727. The van der Waals surface area contributed by atoms with E-state index >= 15 is 0 Å². The lowest BCUT2D eigenvalue weighted by Gasteiger charge is -2.37. The maximum Gasteiger partial charge on any atom is 0.217 e. The molecule has 0 unspecified atom stereocenters. The van der Waals surface area contributed by atoms with E-state index in [-0.39, 0.29) is 18.1 Å². The highest BCUT2D eigenvalue weighted by molar-refractivity contribution is 5.73. The first-order valence-corrected chi connectivity index (χ1v) is 5.37. The van der Waals surface area contributed by atoms with Gasteiger partial charge in [-0.3, -0.25) is 4.79 Å². The number of carbonyl (C=O) groups is 1. The lowest BCUT2D eigenvalue weighted by Crippen LogP contribution is -2.54. The average Bonchev–Trinajstić information content (AvgIpc) is 2.21. The second-order valence-electron chi connectivity index (χ2n) is 3.93. The number of hydrogen-bond donors (Lipinski definition) is 2. The van der Waals surface area contributed by atoms with Crippen LogP contribution in [-0.2, 0) is 14.3 Å². The monoisotopic (exact) mass is 229 g/mol. The van der Waals surface area contributed by atoms with Crippen molar-refractivity contribution in [3.63, 3.8) is 0 Å². The number of hydrogen-bond acceptors (Lipinski definition) is 4. The summed E-state index contributed by atoms with van der Waals surface area (Å²) in [7, 11) is 0. The third-order valence-corrected chi connectivity index (χ3v) is 2.49. The van der Waals surface area contributed by atoms with Gasteiger partial charge in [-0.15, -0.1) is 6.58 Å². The molecule has 0 spiro atoms. The summed E-state index contributed by atoms with van der Waals surface area (Å²) < 4.78 is 10.8. The predicted octanol–water partition coefficient (Wildman–Crippen LogP) is 0.189. The molecule has 1 saturated heterocycles. The van der Waals surface area contributed by atoms with Gasteiger partial charge in [0.1, 0.15) is 6.10 Å². The van der Waals surface area contributed by atoms with Crippen molar-refractivity contribution >= 4 is 5.91 Å². The van der Waals surface area contributed by atoms with Gasteiger partial charge in [0.15, 0.2) is 6.29 Å². The van der Waals surface area contributed by atoms with E-state index in [4.69, 9.17) is 9.47 Å². The van der Waals surface area contributed by atoms with Crippen molar-refractivity contribution in [3.05, 3.63) is 12.7 Å². The molecular formula is C11H19NO4. The molecule has 1 fully saturated rings. The van der Waals surface area contributed by atoms with Crippen LogP contribution in [0.5, 0.6) is 0 Å². The number of aliphatic hydroxyl groups is 1. The highest BCUT2D eigenvalue weighted by Gasteiger charge is 2.35. The molecule has 5 nitrogen and oxygen atoms in total. The molecule has 2 N–H and O–H groups in total. The summed E-state index contributed by atoms with van der Waals surface area (Å²) in [5.74, 6) is -0.166. The van der Waals surface area contributed by atoms with E-state index < -0.39 is 12.4 Å². The van der Waals surface area contributed by atoms with Crippen LogP contribution in [0.15, 0.2) is 12.7 Å². The molecule has 0 aromatic heterocycles. The quantitative estimate of drug-likeness (QED) is 0.675. The summed E-state index contributed by atoms with van der Waals surface area (Å²) in [5.41, 5.74) is 0. The smallest absolute Gasteiger partial charge is 0.217 e. The van der Waals surface area contributed by atoms with Crippen LogP contribution in [0.4, 0.5) is 0 Å². The number of carbonyl (C=O) groups excluding carboxylic acids is 1. The molecule has 1 heterocycles. The Labute approximate surface area is 95.4 Å². The van der Waals surface area contributed by atoms with Crippen molar-refractivity contribution in [1.29, 1.82) is 0 Å². The Bertz CT molecular complexity index is 256. The molecule has 1 amide bonds. The Kier molecular flexibility index (Phi) is 4.92. The second-order valence-corrected chi connectivity index (χ2v) is 3.93. The van der Waals surface area contributed by atoms with Crippen molar-refractivity contribution in [2.75, 3.05) is 6.61 Å². The van der Waals surface area contributed by atoms with E-state index in [0.717, 1.165) is 0 Å². The minimum absolute atomic E-state index is 0.166. The highest BCUT2D eigenvalue weighted by Crippen LogP contribution is 2.21. The van der Waals surface area contributed by atoms with Gasteiger partial charge >= 0.3 is 0 Å². The standard InChI is InChI=1S/C11H19NO4/c1-4-5-15-10-6-9(12-8(3)13)11(14)7(2)16-10/h4,7,9-11,14H,1,5-6H2,2-3H3,(H,12,13)/t7-,9-,10-,11+/m0/s1. The Morgan fingerprint density at radius 1 is 1.75 bits per heavy atom. The average molecular weight is 229 g/mol. The molecule has 1 aliphatic rings. The zero-order valence-electron chi connectivity index (χ0n) is 9.68. The second kappa shape index (κ2) is 5.98. The van der Waals surface area contributed by atoms with Crippen LogP contribution in [0.25, 0.3) is 0 Å². The zero-order chi connectivity index (χ0) is 12.1. The van der Waals surface area contributed by atoms with Gasteiger partial charge in [0.05, 0.1) is 18.8 Å². The third kappa shape index (κ3) is 3.59. The topological polar surface area (TPSA) is 67.8 Å². The van der Waals surface area contributed by atoms with E-state index in [1.54, 1.807) is 13.0 Å². The Morgan fingerprint density at radius 2 is 2.44 bits per heavy atom. The zero-order valence-corrected chi connectivity index (χ0v) is 9.68.